The molecule has 1 saturated carbocycles. The van der Waals surface area contributed by atoms with E-state index in [2.05, 4.69) is 0 Å². The molecule has 3 atom stereocenters. The van der Waals surface area contributed by atoms with E-state index in [1.54, 1.807) is 0 Å². The van der Waals surface area contributed by atoms with Crippen LogP contribution in [0.3, 0.4) is 0 Å². The highest BCUT2D eigenvalue weighted by atomic mass is 35.5. The lowest BCUT2D eigenvalue weighted by atomic mass is 9.78. The van der Waals surface area contributed by atoms with Crippen molar-refractivity contribution in [3.05, 3.63) is 24.3 Å². The van der Waals surface area contributed by atoms with Crippen molar-refractivity contribution in [3.8, 4) is 0 Å². The highest BCUT2D eigenvalue weighted by Crippen LogP contribution is 2.37. The highest BCUT2D eigenvalue weighted by Gasteiger charge is 2.43. The molecule has 0 radical (unpaired) electrons. The van der Waals surface area contributed by atoms with Gasteiger partial charge in [-0.15, -0.1) is 12.4 Å². The Kier molecular flexibility index (Phi) is 5.63. The Morgan fingerprint density at radius 3 is 2.33 bits per heavy atom. The third-order valence-electron chi connectivity index (χ3n) is 4.89. The molecule has 0 bridgehead atoms. The number of fused-ring (bicyclic) bond motifs is 1. The maximum atomic E-state index is 12.8. The second-order valence-corrected chi connectivity index (χ2v) is 9.86. The van der Waals surface area contributed by atoms with Crippen LogP contribution in [0.1, 0.15) is 19.3 Å². The standard InChI is InChI=1S/C14H21N3O4S2.ClH/c15-14-6-1-3-10-8-17(9-13(10)14)23(20,21)12-5-2-4-11(7-12)22(16,18)19;/h2,4-5,7,10,13-14H,1,3,6,8-9,15H2,(H2,16,18,19);1H. The summed E-state index contributed by atoms with van der Waals surface area (Å²) in [4.78, 5) is -0.247. The lowest BCUT2D eigenvalue weighted by Gasteiger charge is -2.29. The van der Waals surface area contributed by atoms with Crippen molar-refractivity contribution in [3.63, 3.8) is 0 Å². The molecule has 10 heteroatoms. The Bertz CT molecular complexity index is 813. The van der Waals surface area contributed by atoms with Gasteiger partial charge in [-0.2, -0.15) is 4.31 Å². The molecular weight excluding hydrogens is 374 g/mol. The van der Waals surface area contributed by atoms with Crippen LogP contribution >= 0.6 is 12.4 Å². The largest absolute Gasteiger partial charge is 0.327 e. The van der Waals surface area contributed by atoms with Gasteiger partial charge in [0.1, 0.15) is 0 Å². The van der Waals surface area contributed by atoms with E-state index in [4.69, 9.17) is 10.9 Å². The smallest absolute Gasteiger partial charge is 0.243 e. The van der Waals surface area contributed by atoms with Crippen molar-refractivity contribution in [2.45, 2.75) is 35.1 Å². The van der Waals surface area contributed by atoms with E-state index in [0.717, 1.165) is 25.3 Å². The van der Waals surface area contributed by atoms with Gasteiger partial charge in [0.05, 0.1) is 9.79 Å². The molecule has 7 nitrogen and oxygen atoms in total. The van der Waals surface area contributed by atoms with Gasteiger partial charge in [0, 0.05) is 19.1 Å². The lowest BCUT2D eigenvalue weighted by molar-refractivity contribution is 0.260. The maximum absolute atomic E-state index is 12.8. The first kappa shape index (κ1) is 19.6. The van der Waals surface area contributed by atoms with E-state index in [9.17, 15) is 16.8 Å². The minimum absolute atomic E-state index is 0. The zero-order chi connectivity index (χ0) is 16.8. The molecule has 3 rings (SSSR count). The molecule has 1 aliphatic carbocycles. The zero-order valence-corrected chi connectivity index (χ0v) is 15.5. The van der Waals surface area contributed by atoms with Gasteiger partial charge in [-0.05, 0) is 42.9 Å². The molecule has 136 valence electrons. The summed E-state index contributed by atoms with van der Waals surface area (Å²) in [5, 5.41) is 5.08. The summed E-state index contributed by atoms with van der Waals surface area (Å²) in [6.45, 7) is 0.841. The fourth-order valence-electron chi connectivity index (χ4n) is 3.63. The maximum Gasteiger partial charge on any atom is 0.243 e. The monoisotopic (exact) mass is 395 g/mol. The first-order valence-corrected chi connectivity index (χ1v) is 10.6. The van der Waals surface area contributed by atoms with E-state index in [-0.39, 0.29) is 40.1 Å². The molecule has 0 aromatic heterocycles. The summed E-state index contributed by atoms with van der Waals surface area (Å²) >= 11 is 0. The number of benzene rings is 1. The van der Waals surface area contributed by atoms with Crippen LogP contribution in [0.25, 0.3) is 0 Å². The van der Waals surface area contributed by atoms with Crippen LogP contribution in [0.4, 0.5) is 0 Å². The van der Waals surface area contributed by atoms with Gasteiger partial charge >= 0.3 is 0 Å². The molecule has 4 N–H and O–H groups in total. The van der Waals surface area contributed by atoms with Crippen molar-refractivity contribution in [1.29, 1.82) is 0 Å². The van der Waals surface area contributed by atoms with Crippen LogP contribution in [-0.2, 0) is 20.0 Å². The van der Waals surface area contributed by atoms with Crippen molar-refractivity contribution in [2.24, 2.45) is 22.7 Å². The summed E-state index contributed by atoms with van der Waals surface area (Å²) in [5.74, 6) is 0.467. The van der Waals surface area contributed by atoms with Crippen molar-refractivity contribution in [1.82, 2.24) is 4.31 Å². The van der Waals surface area contributed by atoms with Crippen LogP contribution in [0, 0.1) is 11.8 Å². The Balaban J connectivity index is 0.00000208. The van der Waals surface area contributed by atoms with Gasteiger partial charge < -0.3 is 5.73 Å². The molecule has 1 aromatic carbocycles. The van der Waals surface area contributed by atoms with Gasteiger partial charge in [-0.3, -0.25) is 0 Å². The van der Waals surface area contributed by atoms with Crippen LogP contribution in [0.5, 0.6) is 0 Å². The number of hydrogen-bond acceptors (Lipinski definition) is 5. The van der Waals surface area contributed by atoms with Crippen molar-refractivity contribution >= 4 is 32.5 Å². The van der Waals surface area contributed by atoms with E-state index in [1.807, 2.05) is 0 Å². The van der Waals surface area contributed by atoms with E-state index >= 15 is 0 Å². The van der Waals surface area contributed by atoms with Crippen LogP contribution in [0.15, 0.2) is 34.1 Å². The minimum Gasteiger partial charge on any atom is -0.327 e. The lowest BCUT2D eigenvalue weighted by Crippen LogP contribution is -2.38. The van der Waals surface area contributed by atoms with E-state index < -0.39 is 20.0 Å². The van der Waals surface area contributed by atoms with Gasteiger partial charge in [-0.1, -0.05) is 12.5 Å². The first-order valence-electron chi connectivity index (χ1n) is 7.58. The molecule has 0 amide bonds. The number of primary sulfonamides is 1. The number of halogens is 1. The average molecular weight is 396 g/mol. The topological polar surface area (TPSA) is 124 Å². The number of rotatable bonds is 3. The summed E-state index contributed by atoms with van der Waals surface area (Å²) in [6.07, 6.45) is 2.94. The molecule has 2 fully saturated rings. The zero-order valence-electron chi connectivity index (χ0n) is 13.0. The SMILES string of the molecule is Cl.NC1CCCC2CN(S(=O)(=O)c3cccc(S(N)(=O)=O)c3)CC12. The normalized spacial score (nSPS) is 28.2. The Morgan fingerprint density at radius 2 is 1.71 bits per heavy atom. The average Bonchev–Trinajstić information content (AvgIpc) is 2.93. The Morgan fingerprint density at radius 1 is 1.04 bits per heavy atom. The summed E-state index contributed by atoms with van der Waals surface area (Å²) in [5.41, 5.74) is 6.13. The molecule has 1 aliphatic heterocycles. The van der Waals surface area contributed by atoms with E-state index in [0.29, 0.717) is 13.1 Å². The molecule has 2 aliphatic rings. The van der Waals surface area contributed by atoms with Crippen LogP contribution in [-0.4, -0.2) is 40.3 Å². The molecule has 1 heterocycles. The molecular formula is C14H22ClN3O4S2. The summed E-state index contributed by atoms with van der Waals surface area (Å²) in [6, 6.07) is 5.22. The van der Waals surface area contributed by atoms with E-state index in [1.165, 1.54) is 22.5 Å². The number of nitrogens with zero attached hydrogens (tertiary/aromatic N) is 1. The quantitative estimate of drug-likeness (QED) is 0.771. The molecule has 24 heavy (non-hydrogen) atoms. The molecule has 1 aromatic rings. The minimum atomic E-state index is -3.94. The Hall–Kier alpha value is -0.710. The first-order chi connectivity index (χ1) is 10.7. The van der Waals surface area contributed by atoms with Gasteiger partial charge in [-0.25, -0.2) is 22.0 Å². The third-order valence-corrected chi connectivity index (χ3v) is 7.63. The highest BCUT2D eigenvalue weighted by molar-refractivity contribution is 7.90. The van der Waals surface area contributed by atoms with Crippen molar-refractivity contribution in [2.75, 3.05) is 13.1 Å². The molecule has 3 unspecified atom stereocenters. The number of hydrogen-bond donors (Lipinski definition) is 2. The fourth-order valence-corrected chi connectivity index (χ4v) is 5.85. The number of nitrogens with two attached hydrogens (primary N) is 2. The summed E-state index contributed by atoms with van der Waals surface area (Å²) < 4.78 is 49.9. The van der Waals surface area contributed by atoms with Gasteiger partial charge in [0.25, 0.3) is 0 Å². The predicted molar refractivity (Wildman–Crippen MR) is 92.6 cm³/mol. The predicted octanol–water partition coefficient (Wildman–Crippen LogP) is 0.504. The van der Waals surface area contributed by atoms with Crippen molar-refractivity contribution < 1.29 is 16.8 Å². The van der Waals surface area contributed by atoms with Crippen LogP contribution in [0.2, 0.25) is 0 Å². The summed E-state index contributed by atoms with van der Waals surface area (Å²) in [7, 11) is -7.69. The second kappa shape index (κ2) is 6.89. The molecule has 0 spiro atoms. The number of sulfonamides is 2. The van der Waals surface area contributed by atoms with Gasteiger partial charge in [0.2, 0.25) is 20.0 Å². The Labute approximate surface area is 148 Å². The van der Waals surface area contributed by atoms with Crippen LogP contribution < -0.4 is 10.9 Å². The van der Waals surface area contributed by atoms with Gasteiger partial charge in [0.15, 0.2) is 0 Å². The molecule has 1 saturated heterocycles. The third kappa shape index (κ3) is 3.61. The second-order valence-electron chi connectivity index (χ2n) is 6.36. The fraction of sp³-hybridized carbons (Fsp3) is 0.571.